The highest BCUT2D eigenvalue weighted by Gasteiger charge is 2.47. The number of carbonyl (C=O) groups is 4. The molecule has 2 atom stereocenters. The molecule has 0 saturated heterocycles. The average Bonchev–Trinajstić information content (AvgIpc) is 2.93. The number of aromatic hydroxyl groups is 2. The van der Waals surface area contributed by atoms with E-state index in [1.165, 1.54) is 18.2 Å². The number of carbonyl (C=O) groups excluding carboxylic acids is 4. The van der Waals surface area contributed by atoms with Crippen LogP contribution < -0.4 is 14.8 Å². The van der Waals surface area contributed by atoms with Gasteiger partial charge in [-0.05, 0) is 51.4 Å². The Balaban J connectivity index is 1.39. The molecule has 0 fully saturated rings. The molecule has 12 heteroatoms. The highest BCUT2D eigenvalue weighted by Crippen LogP contribution is 2.51. The Morgan fingerprint density at radius 1 is 0.977 bits per heavy atom. The average molecular weight is 591 g/mol. The Kier molecular flexibility index (Phi) is 7.69. The fourth-order valence-corrected chi connectivity index (χ4v) is 5.45. The first-order valence-electron chi connectivity index (χ1n) is 13.4. The Labute approximate surface area is 246 Å². The monoisotopic (exact) mass is 590 g/mol. The minimum absolute atomic E-state index is 0.0165. The minimum atomic E-state index is -2.02. The van der Waals surface area contributed by atoms with Crippen LogP contribution in [0, 0.1) is 0 Å². The second-order valence-electron chi connectivity index (χ2n) is 10.9. The van der Waals surface area contributed by atoms with Crippen LogP contribution in [0.1, 0.15) is 62.4 Å². The van der Waals surface area contributed by atoms with Gasteiger partial charge < -0.3 is 40.1 Å². The van der Waals surface area contributed by atoms with Crippen LogP contribution >= 0.6 is 0 Å². The van der Waals surface area contributed by atoms with Gasteiger partial charge >= 0.3 is 0 Å². The number of benzene rings is 3. The second-order valence-corrected chi connectivity index (χ2v) is 10.9. The maximum Gasteiger partial charge on any atom is 0.238 e. The normalized spacial score (nSPS) is 18.9. The summed E-state index contributed by atoms with van der Waals surface area (Å²) < 4.78 is 11.3. The van der Waals surface area contributed by atoms with E-state index in [4.69, 9.17) is 9.47 Å². The molecule has 0 aromatic heterocycles. The first-order chi connectivity index (χ1) is 20.3. The van der Waals surface area contributed by atoms with Gasteiger partial charge in [-0.1, -0.05) is 12.1 Å². The molecular weight excluding hydrogens is 560 g/mol. The first-order valence-corrected chi connectivity index (χ1v) is 13.4. The van der Waals surface area contributed by atoms with Crippen molar-refractivity contribution in [2.45, 2.75) is 31.5 Å². The van der Waals surface area contributed by atoms with Gasteiger partial charge in [-0.3, -0.25) is 19.2 Å². The van der Waals surface area contributed by atoms with Crippen LogP contribution in [0.4, 0.5) is 5.69 Å². The van der Waals surface area contributed by atoms with Crippen LogP contribution in [0.5, 0.6) is 23.0 Å². The lowest BCUT2D eigenvalue weighted by atomic mass is 9.72. The number of ketones is 3. The van der Waals surface area contributed by atoms with Crippen LogP contribution in [0.3, 0.4) is 0 Å². The van der Waals surface area contributed by atoms with E-state index in [1.54, 1.807) is 43.3 Å². The maximum atomic E-state index is 13.7. The van der Waals surface area contributed by atoms with Gasteiger partial charge in [0.2, 0.25) is 18.5 Å². The molecule has 3 aromatic rings. The number of likely N-dealkylation sites (N-methyl/N-ethyl adjacent to an activating group) is 1. The van der Waals surface area contributed by atoms with Crippen molar-refractivity contribution in [3.8, 4) is 23.0 Å². The van der Waals surface area contributed by atoms with Gasteiger partial charge in [0.1, 0.15) is 28.6 Å². The van der Waals surface area contributed by atoms with E-state index in [1.807, 2.05) is 0 Å². The molecule has 2 aliphatic rings. The summed E-state index contributed by atoms with van der Waals surface area (Å²) in [5, 5.41) is 46.5. The number of nitrogens with zero attached hydrogens (tertiary/aromatic N) is 1. The zero-order chi connectivity index (χ0) is 31.2. The number of hydrogen-bond donors (Lipinski definition) is 5. The Morgan fingerprint density at radius 3 is 2.30 bits per heavy atom. The number of amides is 1. The molecule has 12 nitrogen and oxygen atoms in total. The molecule has 43 heavy (non-hydrogen) atoms. The number of rotatable bonds is 8. The van der Waals surface area contributed by atoms with Gasteiger partial charge in [-0.25, -0.2) is 0 Å². The van der Waals surface area contributed by atoms with Crippen molar-refractivity contribution < 1.29 is 49.1 Å². The summed E-state index contributed by atoms with van der Waals surface area (Å²) in [4.78, 5) is 53.1. The zero-order valence-electron chi connectivity index (χ0n) is 23.6. The summed E-state index contributed by atoms with van der Waals surface area (Å²) in [5.41, 5.74) is -3.11. The van der Waals surface area contributed by atoms with Gasteiger partial charge in [-0.15, -0.1) is 0 Å². The first kappa shape index (κ1) is 29.7. The van der Waals surface area contributed by atoms with Crippen molar-refractivity contribution in [1.29, 1.82) is 0 Å². The standard InChI is InChI=1S/C31H30N2O10/c1-15(34)31(41)11-19-23(20(35)12-31)29(39)26-25(28(19)38)27(37)18-5-4-6-21(24(18)30(26)40)43-14-42-17-9-7-16(8-10-17)32-22(36)13-33(2)3/h4-10,20,35,38-39,41H,11-14H2,1-3H3,(H,32,36). The highest BCUT2D eigenvalue weighted by atomic mass is 16.7. The van der Waals surface area contributed by atoms with E-state index in [0.717, 1.165) is 6.92 Å². The third kappa shape index (κ3) is 5.31. The van der Waals surface area contributed by atoms with Gasteiger partial charge in [0, 0.05) is 35.2 Å². The number of aliphatic hydroxyl groups is 2. The number of fused-ring (bicyclic) bond motifs is 3. The number of ether oxygens (including phenoxy) is 2. The van der Waals surface area contributed by atoms with Crippen LogP contribution in [-0.2, 0) is 16.0 Å². The Bertz CT molecular complexity index is 1660. The summed E-state index contributed by atoms with van der Waals surface area (Å²) in [6.07, 6.45) is -2.51. The molecule has 3 aromatic carbocycles. The van der Waals surface area contributed by atoms with E-state index in [0.29, 0.717) is 11.4 Å². The molecule has 0 aliphatic heterocycles. The summed E-state index contributed by atoms with van der Waals surface area (Å²) >= 11 is 0. The molecule has 0 bridgehead atoms. The lowest BCUT2D eigenvalue weighted by molar-refractivity contribution is -0.139. The van der Waals surface area contributed by atoms with Crippen LogP contribution in [0.25, 0.3) is 0 Å². The Hall–Kier alpha value is -4.78. The molecular formula is C31H30N2O10. The summed E-state index contributed by atoms with van der Waals surface area (Å²) in [7, 11) is 3.56. The van der Waals surface area contributed by atoms with E-state index in [-0.39, 0.29) is 47.2 Å². The molecule has 5 N–H and O–H groups in total. The van der Waals surface area contributed by atoms with Crippen LogP contribution in [0.15, 0.2) is 42.5 Å². The highest BCUT2D eigenvalue weighted by molar-refractivity contribution is 6.31. The third-order valence-electron chi connectivity index (χ3n) is 7.57. The summed E-state index contributed by atoms with van der Waals surface area (Å²) in [5.74, 6) is -3.47. The van der Waals surface area contributed by atoms with E-state index in [9.17, 15) is 39.6 Å². The lowest BCUT2D eigenvalue weighted by Crippen LogP contribution is -2.44. The predicted octanol–water partition coefficient (Wildman–Crippen LogP) is 2.09. The molecule has 2 aliphatic carbocycles. The molecule has 0 heterocycles. The number of hydrogen-bond acceptors (Lipinski definition) is 11. The van der Waals surface area contributed by atoms with Crippen molar-refractivity contribution in [2.75, 3.05) is 32.7 Å². The van der Waals surface area contributed by atoms with E-state index >= 15 is 0 Å². The number of Topliss-reactive ketones (excluding diaryl/α,β-unsaturated/α-hetero) is 1. The smallest absolute Gasteiger partial charge is 0.238 e. The van der Waals surface area contributed by atoms with Gasteiger partial charge in [0.05, 0.1) is 29.3 Å². The summed E-state index contributed by atoms with van der Waals surface area (Å²) in [6, 6.07) is 10.8. The number of phenolic OH excluding ortho intramolecular Hbond substituents is 2. The lowest BCUT2D eigenvalue weighted by Gasteiger charge is -2.36. The van der Waals surface area contributed by atoms with Crippen molar-refractivity contribution in [3.05, 3.63) is 75.8 Å². The molecule has 2 unspecified atom stereocenters. The number of aliphatic hydroxyl groups excluding tert-OH is 1. The molecule has 224 valence electrons. The summed E-state index contributed by atoms with van der Waals surface area (Å²) in [6.45, 7) is 0.995. The third-order valence-corrected chi connectivity index (χ3v) is 7.57. The van der Waals surface area contributed by atoms with Gasteiger partial charge in [0.25, 0.3) is 0 Å². The molecule has 0 spiro atoms. The number of anilines is 1. The molecule has 1 amide bonds. The SMILES string of the molecule is CC(=O)C1(O)Cc2c(O)c3c(c(O)c2C(O)C1)C(=O)c1c(OCOc2ccc(NC(=O)CN(C)C)cc2)cccc1C3=O. The maximum absolute atomic E-state index is 13.7. The topological polar surface area (TPSA) is 183 Å². The van der Waals surface area contributed by atoms with Crippen molar-refractivity contribution >= 4 is 28.9 Å². The van der Waals surface area contributed by atoms with Gasteiger partial charge in [-0.2, -0.15) is 0 Å². The second kappa shape index (κ2) is 11.1. The van der Waals surface area contributed by atoms with Crippen molar-refractivity contribution in [2.24, 2.45) is 0 Å². The van der Waals surface area contributed by atoms with E-state index in [2.05, 4.69) is 5.32 Å². The molecule has 0 radical (unpaired) electrons. The number of nitrogens with one attached hydrogen (secondary N) is 1. The fraction of sp³-hybridized carbons (Fsp3) is 0.290. The fourth-order valence-electron chi connectivity index (χ4n) is 5.45. The quantitative estimate of drug-likeness (QED) is 0.150. The predicted molar refractivity (Wildman–Crippen MR) is 152 cm³/mol. The van der Waals surface area contributed by atoms with Gasteiger partial charge in [0.15, 0.2) is 11.6 Å². The Morgan fingerprint density at radius 2 is 1.65 bits per heavy atom. The molecule has 0 saturated carbocycles. The zero-order valence-corrected chi connectivity index (χ0v) is 23.6. The number of phenols is 2. The minimum Gasteiger partial charge on any atom is -0.507 e. The van der Waals surface area contributed by atoms with Crippen molar-refractivity contribution in [3.63, 3.8) is 0 Å². The largest absolute Gasteiger partial charge is 0.507 e. The van der Waals surface area contributed by atoms with Crippen molar-refractivity contribution in [1.82, 2.24) is 4.90 Å². The van der Waals surface area contributed by atoms with E-state index < -0.39 is 64.5 Å². The van der Waals surface area contributed by atoms with Crippen LogP contribution in [-0.4, -0.2) is 81.6 Å². The molecule has 5 rings (SSSR count). The van der Waals surface area contributed by atoms with Crippen LogP contribution in [0.2, 0.25) is 0 Å².